The van der Waals surface area contributed by atoms with Gasteiger partial charge in [-0.2, -0.15) is 13.6 Å². The largest absolute Gasteiger partial charge is 0.490 e. The molecule has 0 aliphatic carbocycles. The fourth-order valence-corrected chi connectivity index (χ4v) is 5.82. The Kier molecular flexibility index (Phi) is 6.60. The number of ether oxygens (including phenoxy) is 1. The molecule has 20 heteroatoms. The number of hydrogen-bond acceptors (Lipinski definition) is 11. The van der Waals surface area contributed by atoms with Gasteiger partial charge < -0.3 is 30.0 Å². The lowest BCUT2D eigenvalue weighted by Crippen LogP contribution is -2.22. The van der Waals surface area contributed by atoms with Crippen molar-refractivity contribution < 1.29 is 51.2 Å². The van der Waals surface area contributed by atoms with Crippen molar-refractivity contribution in [1.29, 1.82) is 0 Å². The Morgan fingerprint density at radius 3 is 2.52 bits per heavy atom. The van der Waals surface area contributed by atoms with Crippen LogP contribution in [0, 0.1) is 0 Å². The molecule has 0 spiro atoms. The molecule has 1 fully saturated rings. The van der Waals surface area contributed by atoms with Gasteiger partial charge in [0, 0.05) is 7.05 Å². The predicted octanol–water partition coefficient (Wildman–Crippen LogP) is -0.267. The van der Waals surface area contributed by atoms with Crippen molar-refractivity contribution in [2.75, 3.05) is 12.3 Å². The van der Waals surface area contributed by atoms with Crippen LogP contribution in [0.15, 0.2) is 11.1 Å². The first-order chi connectivity index (χ1) is 14.2. The van der Waals surface area contributed by atoms with Gasteiger partial charge in [0.2, 0.25) is 5.95 Å². The van der Waals surface area contributed by atoms with Gasteiger partial charge in [0.25, 0.3) is 5.56 Å². The van der Waals surface area contributed by atoms with Gasteiger partial charge in [-0.3, -0.25) is 18.5 Å². The standard InChI is InChI=1S/C11H18N5O12P3/c1-15-10(17)8-9(14-11(15)12)16(5-13-8)7-3-2-6(26-7)4-25-30(21,22)28-31(23,24)27-29(18,19)20/h5-7H,2-4H2,1H3,(H2,12,14)(H,21,22)(H,23,24)(H2,18,19,20)/t6-,7+/m0/s1. The molecule has 3 heterocycles. The number of phosphoric ester groups is 1. The average Bonchev–Trinajstić information content (AvgIpc) is 3.21. The maximum Gasteiger partial charge on any atom is 0.490 e. The molecule has 0 saturated carbocycles. The summed E-state index contributed by atoms with van der Waals surface area (Å²) < 4.78 is 53.8. The summed E-state index contributed by atoms with van der Waals surface area (Å²) in [6, 6.07) is 0. The second kappa shape index (κ2) is 8.46. The number of nitrogen functional groups attached to an aromatic ring is 1. The molecular weight excluding hydrogens is 487 g/mol. The minimum absolute atomic E-state index is 0.0403. The highest BCUT2D eigenvalue weighted by molar-refractivity contribution is 7.66. The van der Waals surface area contributed by atoms with Crippen molar-refractivity contribution in [2.45, 2.75) is 25.2 Å². The topological polar surface area (TPSA) is 248 Å². The molecule has 17 nitrogen and oxygen atoms in total. The molecule has 31 heavy (non-hydrogen) atoms. The van der Waals surface area contributed by atoms with Gasteiger partial charge in [-0.25, -0.2) is 18.7 Å². The molecule has 0 amide bonds. The summed E-state index contributed by atoms with van der Waals surface area (Å²) in [5, 5.41) is 0. The van der Waals surface area contributed by atoms with Crippen LogP contribution in [0.5, 0.6) is 0 Å². The predicted molar refractivity (Wildman–Crippen MR) is 100 cm³/mol. The zero-order valence-electron chi connectivity index (χ0n) is 15.6. The van der Waals surface area contributed by atoms with Gasteiger partial charge in [-0.1, -0.05) is 0 Å². The average molecular weight is 505 g/mol. The number of nitrogens with zero attached hydrogens (tertiary/aromatic N) is 4. The number of fused-ring (bicyclic) bond motifs is 1. The van der Waals surface area contributed by atoms with E-state index in [-0.39, 0.29) is 17.1 Å². The highest BCUT2D eigenvalue weighted by Gasteiger charge is 2.41. The highest BCUT2D eigenvalue weighted by Crippen LogP contribution is 2.66. The van der Waals surface area contributed by atoms with Gasteiger partial charge in [0.15, 0.2) is 11.2 Å². The minimum Gasteiger partial charge on any atom is -0.369 e. The van der Waals surface area contributed by atoms with E-state index in [1.807, 2.05) is 0 Å². The summed E-state index contributed by atoms with van der Waals surface area (Å²) in [7, 11) is -14.9. The Balaban J connectivity index is 1.64. The van der Waals surface area contributed by atoms with E-state index >= 15 is 0 Å². The maximum absolute atomic E-state index is 12.2. The molecule has 174 valence electrons. The molecule has 1 aliphatic heterocycles. The van der Waals surface area contributed by atoms with Crippen LogP contribution >= 0.6 is 23.5 Å². The second-order valence-electron chi connectivity index (χ2n) is 6.34. The summed E-state index contributed by atoms with van der Waals surface area (Å²) in [6.45, 7) is -0.579. The SMILES string of the molecule is Cn1c(N)nc2c(ncn2[C@H]2CC[C@@H](COP(=O)(O)OP(=O)(O)OP(=O)(O)O)O2)c1=O. The van der Waals surface area contributed by atoms with Gasteiger partial charge >= 0.3 is 23.5 Å². The zero-order chi connectivity index (χ0) is 23.2. The fourth-order valence-electron chi connectivity index (χ4n) is 2.77. The van der Waals surface area contributed by atoms with Crippen LogP contribution < -0.4 is 11.3 Å². The summed E-state index contributed by atoms with van der Waals surface area (Å²) in [4.78, 5) is 55.9. The first-order valence-electron chi connectivity index (χ1n) is 8.30. The number of rotatable bonds is 8. The van der Waals surface area contributed by atoms with Crippen molar-refractivity contribution >= 4 is 40.6 Å². The summed E-state index contributed by atoms with van der Waals surface area (Å²) in [6.07, 6.45) is 0.552. The molecule has 6 N–H and O–H groups in total. The zero-order valence-corrected chi connectivity index (χ0v) is 18.3. The third-order valence-electron chi connectivity index (χ3n) is 4.07. The molecule has 2 aromatic rings. The number of imidazole rings is 1. The first-order valence-corrected chi connectivity index (χ1v) is 12.8. The first kappa shape index (κ1) is 24.2. The van der Waals surface area contributed by atoms with E-state index in [1.165, 1.54) is 17.9 Å². The Morgan fingerprint density at radius 2 is 1.87 bits per heavy atom. The van der Waals surface area contributed by atoms with Crippen molar-refractivity contribution in [2.24, 2.45) is 7.05 Å². The minimum atomic E-state index is -5.60. The highest BCUT2D eigenvalue weighted by atomic mass is 31.3. The van der Waals surface area contributed by atoms with Crippen molar-refractivity contribution in [3.05, 3.63) is 16.7 Å². The lowest BCUT2D eigenvalue weighted by atomic mass is 10.2. The normalized spacial score (nSPS) is 23.6. The van der Waals surface area contributed by atoms with Gasteiger partial charge in [-0.15, -0.1) is 0 Å². The summed E-state index contributed by atoms with van der Waals surface area (Å²) in [5.74, 6) is -0.0403. The van der Waals surface area contributed by atoms with Crippen LogP contribution in [0.25, 0.3) is 11.2 Å². The Morgan fingerprint density at radius 1 is 1.19 bits per heavy atom. The quantitative estimate of drug-likeness (QED) is 0.290. The Hall–Kier alpha value is -1.48. The van der Waals surface area contributed by atoms with Crippen LogP contribution in [-0.4, -0.2) is 51.4 Å². The molecule has 0 radical (unpaired) electrons. The van der Waals surface area contributed by atoms with Crippen LogP contribution in [0.1, 0.15) is 19.1 Å². The van der Waals surface area contributed by atoms with Crippen LogP contribution in [0.4, 0.5) is 5.95 Å². The van der Waals surface area contributed by atoms with E-state index in [2.05, 4.69) is 23.1 Å². The smallest absolute Gasteiger partial charge is 0.369 e. The Labute approximate surface area is 172 Å². The van der Waals surface area contributed by atoms with Crippen molar-refractivity contribution in [1.82, 2.24) is 19.1 Å². The number of nitrogens with two attached hydrogens (primary N) is 1. The van der Waals surface area contributed by atoms with E-state index in [0.29, 0.717) is 12.8 Å². The lowest BCUT2D eigenvalue weighted by molar-refractivity contribution is -0.0205. The molecule has 4 atom stereocenters. The fraction of sp³-hybridized carbons (Fsp3) is 0.545. The number of phosphoric acid groups is 3. The van der Waals surface area contributed by atoms with Gasteiger partial charge in [-0.05, 0) is 12.8 Å². The van der Waals surface area contributed by atoms with E-state index in [4.69, 9.17) is 25.2 Å². The van der Waals surface area contributed by atoms with E-state index in [9.17, 15) is 23.4 Å². The molecule has 1 saturated heterocycles. The lowest BCUT2D eigenvalue weighted by Gasteiger charge is -2.18. The van der Waals surface area contributed by atoms with Crippen molar-refractivity contribution in [3.63, 3.8) is 0 Å². The third-order valence-corrected chi connectivity index (χ3v) is 7.88. The number of aromatic nitrogens is 4. The number of hydrogen-bond donors (Lipinski definition) is 5. The summed E-state index contributed by atoms with van der Waals surface area (Å²) >= 11 is 0. The molecule has 3 rings (SSSR count). The molecular formula is C11H18N5O12P3. The van der Waals surface area contributed by atoms with E-state index in [0.717, 1.165) is 4.57 Å². The van der Waals surface area contributed by atoms with Gasteiger partial charge in [0.1, 0.15) is 6.23 Å². The monoisotopic (exact) mass is 505 g/mol. The van der Waals surface area contributed by atoms with Gasteiger partial charge in [0.05, 0.1) is 19.0 Å². The molecule has 2 unspecified atom stereocenters. The molecule has 0 aromatic carbocycles. The maximum atomic E-state index is 12.2. The van der Waals surface area contributed by atoms with Crippen LogP contribution in [-0.2, 0) is 38.6 Å². The molecule has 1 aliphatic rings. The van der Waals surface area contributed by atoms with E-state index < -0.39 is 48.0 Å². The number of anilines is 1. The third kappa shape index (κ3) is 5.86. The molecule has 2 aromatic heterocycles. The van der Waals surface area contributed by atoms with Crippen LogP contribution in [0.2, 0.25) is 0 Å². The summed E-state index contributed by atoms with van der Waals surface area (Å²) in [5.41, 5.74) is 5.49. The Bertz CT molecular complexity index is 1190. The molecule has 0 bridgehead atoms. The van der Waals surface area contributed by atoms with Crippen LogP contribution in [0.3, 0.4) is 0 Å². The van der Waals surface area contributed by atoms with E-state index in [1.54, 1.807) is 0 Å². The van der Waals surface area contributed by atoms with Crippen molar-refractivity contribution in [3.8, 4) is 0 Å². The second-order valence-corrected chi connectivity index (χ2v) is 10.8.